The molecule has 0 unspecified atom stereocenters. The highest BCUT2D eigenvalue weighted by atomic mass is 19.1. The molecule has 2 fully saturated rings. The van der Waals surface area contributed by atoms with E-state index in [1.807, 2.05) is 51.1 Å². The van der Waals surface area contributed by atoms with Gasteiger partial charge in [-0.15, -0.1) is 0 Å². The van der Waals surface area contributed by atoms with Crippen LogP contribution in [0.1, 0.15) is 70.9 Å². The third-order valence-corrected chi connectivity index (χ3v) is 9.06. The van der Waals surface area contributed by atoms with E-state index in [9.17, 15) is 28.3 Å². The van der Waals surface area contributed by atoms with Gasteiger partial charge in [0.15, 0.2) is 0 Å². The van der Waals surface area contributed by atoms with Crippen LogP contribution in [-0.2, 0) is 32.0 Å². The lowest BCUT2D eigenvalue weighted by Crippen LogP contribution is -2.59. The number of hydrogen-bond donors (Lipinski definition) is 4. The smallest absolute Gasteiger partial charge is 0.249 e. The zero-order valence-corrected chi connectivity index (χ0v) is 27.9. The number of benzene rings is 2. The first kappa shape index (κ1) is 36.4. The van der Waals surface area contributed by atoms with Crippen molar-refractivity contribution in [3.8, 4) is 0 Å². The molecule has 2 aromatic carbocycles. The number of rotatable bonds is 16. The summed E-state index contributed by atoms with van der Waals surface area (Å²) in [6.07, 6.45) is 1.67. The van der Waals surface area contributed by atoms with E-state index in [-0.39, 0.29) is 42.4 Å². The minimum atomic E-state index is -1.12. The number of halogens is 2. The summed E-state index contributed by atoms with van der Waals surface area (Å²) in [6.45, 7) is 8.74. The van der Waals surface area contributed by atoms with Gasteiger partial charge in [-0.25, -0.2) is 8.78 Å². The molecule has 4 N–H and O–H groups in total. The molecule has 0 saturated carbocycles. The minimum absolute atomic E-state index is 0.0389. The first-order chi connectivity index (χ1) is 22.4. The van der Waals surface area contributed by atoms with Crippen LogP contribution in [0.5, 0.6) is 0 Å². The summed E-state index contributed by atoms with van der Waals surface area (Å²) >= 11 is 0. The van der Waals surface area contributed by atoms with Gasteiger partial charge in [0.1, 0.15) is 23.2 Å². The van der Waals surface area contributed by atoms with Crippen molar-refractivity contribution < 1.29 is 33.0 Å². The van der Waals surface area contributed by atoms with Crippen LogP contribution in [0.15, 0.2) is 48.5 Å². The molecular formula is C36H50F2N4O5. The van der Waals surface area contributed by atoms with Crippen molar-refractivity contribution in [1.82, 2.24) is 20.9 Å². The number of carbonyl (C=O) groups excluding carboxylic acids is 3. The standard InChI is InChI=1S/C36H50F2N4O5/c1-5-15-47-29-20-30(39-22-29)33(44)31(18-26-16-27(37)19-28(38)17-26)40-34(45)32(12-11-25-9-7-6-8-10-25)42-14-13-36(35(42)46,21-23(2)3)41-24(4)43/h6-10,16-17,19,23,29-33,39,44H,5,11-15,18,20-22H2,1-4H3,(H,40,45)(H,41,43)/t29-,30-,31+,32+,33+,36+/m1/s1. The highest BCUT2D eigenvalue weighted by Gasteiger charge is 2.50. The second-order valence-electron chi connectivity index (χ2n) is 13.5. The first-order valence-electron chi connectivity index (χ1n) is 16.8. The Balaban J connectivity index is 1.62. The van der Waals surface area contributed by atoms with Crippen molar-refractivity contribution in [3.63, 3.8) is 0 Å². The molecule has 11 heteroatoms. The lowest BCUT2D eigenvalue weighted by atomic mass is 9.87. The SMILES string of the molecule is CCCO[C@H]1CN[C@@H]([C@H](O)[C@H](Cc2cc(F)cc(F)c2)NC(=O)[C@H](CCc2ccccc2)N2CC[C@@](CC(C)C)(NC(C)=O)C2=O)C1. The van der Waals surface area contributed by atoms with Gasteiger partial charge in [-0.05, 0) is 74.1 Å². The maximum Gasteiger partial charge on any atom is 0.249 e. The Morgan fingerprint density at radius 2 is 1.83 bits per heavy atom. The number of carbonyl (C=O) groups is 3. The molecule has 0 bridgehead atoms. The Hall–Kier alpha value is -3.41. The van der Waals surface area contributed by atoms with Gasteiger partial charge in [-0.1, -0.05) is 51.1 Å². The molecule has 0 spiro atoms. The number of aliphatic hydroxyl groups excluding tert-OH is 1. The van der Waals surface area contributed by atoms with E-state index in [0.717, 1.165) is 18.1 Å². The maximum absolute atomic E-state index is 14.3. The van der Waals surface area contributed by atoms with Gasteiger partial charge < -0.3 is 30.7 Å². The van der Waals surface area contributed by atoms with E-state index in [0.29, 0.717) is 45.3 Å². The van der Waals surface area contributed by atoms with Crippen LogP contribution < -0.4 is 16.0 Å². The average Bonchev–Trinajstić information content (AvgIpc) is 3.60. The van der Waals surface area contributed by atoms with Gasteiger partial charge in [0, 0.05) is 38.7 Å². The second kappa shape index (κ2) is 16.6. The highest BCUT2D eigenvalue weighted by Crippen LogP contribution is 2.32. The summed E-state index contributed by atoms with van der Waals surface area (Å²) in [5.74, 6) is -2.51. The van der Waals surface area contributed by atoms with Gasteiger partial charge in [-0.2, -0.15) is 0 Å². The first-order valence-corrected chi connectivity index (χ1v) is 16.8. The van der Waals surface area contributed by atoms with Crippen molar-refractivity contribution >= 4 is 17.7 Å². The Kier molecular flexibility index (Phi) is 12.9. The fourth-order valence-corrected chi connectivity index (χ4v) is 7.06. The fourth-order valence-electron chi connectivity index (χ4n) is 7.06. The van der Waals surface area contributed by atoms with Crippen LogP contribution in [-0.4, -0.2) is 83.3 Å². The Bertz CT molecular complexity index is 1340. The van der Waals surface area contributed by atoms with Crippen LogP contribution in [0.25, 0.3) is 0 Å². The normalized spacial score (nSPS) is 23.1. The van der Waals surface area contributed by atoms with Crippen molar-refractivity contribution in [2.24, 2.45) is 5.92 Å². The number of amides is 3. The lowest BCUT2D eigenvalue weighted by Gasteiger charge is -2.35. The molecule has 2 aliphatic rings. The molecule has 258 valence electrons. The molecule has 2 saturated heterocycles. The Labute approximate surface area is 276 Å². The van der Waals surface area contributed by atoms with Gasteiger partial charge in [0.25, 0.3) is 0 Å². The Morgan fingerprint density at radius 3 is 2.47 bits per heavy atom. The number of ether oxygens (including phenoxy) is 1. The number of likely N-dealkylation sites (tertiary alicyclic amines) is 1. The number of aliphatic hydroxyl groups is 1. The predicted octanol–water partition coefficient (Wildman–Crippen LogP) is 3.66. The molecule has 4 rings (SSSR count). The molecule has 2 aromatic rings. The monoisotopic (exact) mass is 656 g/mol. The van der Waals surface area contributed by atoms with Crippen LogP contribution >= 0.6 is 0 Å². The largest absolute Gasteiger partial charge is 0.389 e. The van der Waals surface area contributed by atoms with Crippen LogP contribution in [0.3, 0.4) is 0 Å². The second-order valence-corrected chi connectivity index (χ2v) is 13.5. The van der Waals surface area contributed by atoms with E-state index in [1.54, 1.807) is 4.90 Å². The zero-order valence-electron chi connectivity index (χ0n) is 27.9. The molecule has 2 heterocycles. The molecule has 3 amide bonds. The van der Waals surface area contributed by atoms with E-state index >= 15 is 0 Å². The third-order valence-electron chi connectivity index (χ3n) is 9.06. The molecule has 0 radical (unpaired) electrons. The topological polar surface area (TPSA) is 120 Å². The number of nitrogens with zero attached hydrogens (tertiary/aromatic N) is 1. The zero-order chi connectivity index (χ0) is 34.1. The predicted molar refractivity (Wildman–Crippen MR) is 175 cm³/mol. The van der Waals surface area contributed by atoms with Crippen molar-refractivity contribution in [1.29, 1.82) is 0 Å². The number of nitrogens with one attached hydrogen (secondary N) is 3. The van der Waals surface area contributed by atoms with Gasteiger partial charge in [0.2, 0.25) is 17.7 Å². The number of aryl methyl sites for hydroxylation is 1. The summed E-state index contributed by atoms with van der Waals surface area (Å²) in [7, 11) is 0. The van der Waals surface area contributed by atoms with Gasteiger partial charge >= 0.3 is 0 Å². The Morgan fingerprint density at radius 1 is 1.13 bits per heavy atom. The van der Waals surface area contributed by atoms with Crippen LogP contribution in [0.4, 0.5) is 8.78 Å². The van der Waals surface area contributed by atoms with E-state index in [4.69, 9.17) is 4.74 Å². The van der Waals surface area contributed by atoms with Gasteiger partial charge in [-0.3, -0.25) is 14.4 Å². The minimum Gasteiger partial charge on any atom is -0.389 e. The maximum atomic E-state index is 14.3. The summed E-state index contributed by atoms with van der Waals surface area (Å²) < 4.78 is 34.3. The lowest BCUT2D eigenvalue weighted by molar-refractivity contribution is -0.143. The van der Waals surface area contributed by atoms with Gasteiger partial charge in [0.05, 0.1) is 18.2 Å². The molecule has 6 atom stereocenters. The summed E-state index contributed by atoms with van der Waals surface area (Å²) in [6, 6.07) is 10.5. The average molecular weight is 657 g/mol. The van der Waals surface area contributed by atoms with Crippen LogP contribution in [0.2, 0.25) is 0 Å². The van der Waals surface area contributed by atoms with E-state index in [1.165, 1.54) is 19.1 Å². The molecule has 2 aliphatic heterocycles. The highest BCUT2D eigenvalue weighted by molar-refractivity contribution is 5.96. The molecule has 9 nitrogen and oxygen atoms in total. The van der Waals surface area contributed by atoms with E-state index < -0.39 is 47.3 Å². The molecule has 0 aromatic heterocycles. The summed E-state index contributed by atoms with van der Waals surface area (Å²) in [4.78, 5) is 42.3. The fraction of sp³-hybridized carbons (Fsp3) is 0.583. The molecule has 0 aliphatic carbocycles. The van der Waals surface area contributed by atoms with Crippen LogP contribution in [0, 0.1) is 17.6 Å². The van der Waals surface area contributed by atoms with Crippen molar-refractivity contribution in [2.75, 3.05) is 19.7 Å². The molecule has 47 heavy (non-hydrogen) atoms. The quantitative estimate of drug-likeness (QED) is 0.219. The van der Waals surface area contributed by atoms with Crippen molar-refractivity contribution in [3.05, 3.63) is 71.3 Å². The van der Waals surface area contributed by atoms with Crippen molar-refractivity contribution in [2.45, 2.75) is 109 Å². The third kappa shape index (κ3) is 9.81. The van der Waals surface area contributed by atoms with E-state index in [2.05, 4.69) is 16.0 Å². The summed E-state index contributed by atoms with van der Waals surface area (Å²) in [5.41, 5.74) is 0.153. The molecular weight excluding hydrogens is 606 g/mol. The number of hydrogen-bond acceptors (Lipinski definition) is 6. The summed E-state index contributed by atoms with van der Waals surface area (Å²) in [5, 5.41) is 20.8.